The number of carbonyl (C=O) groups is 1. The van der Waals surface area contributed by atoms with E-state index in [2.05, 4.69) is 15.4 Å². The van der Waals surface area contributed by atoms with Gasteiger partial charge in [0.25, 0.3) is 0 Å². The molecule has 2 atom stereocenters. The van der Waals surface area contributed by atoms with E-state index in [0.717, 1.165) is 32.4 Å². The maximum atomic E-state index is 12.6. The Morgan fingerprint density at radius 1 is 1.38 bits per heavy atom. The number of carbonyl (C=O) groups excluding carboxylic acids is 1. The molecule has 132 valence electrons. The molecule has 1 aliphatic heterocycles. The van der Waals surface area contributed by atoms with Crippen LogP contribution in [-0.2, 0) is 4.79 Å². The maximum Gasteiger partial charge on any atom is 0.387 e. The topological polar surface area (TPSA) is 50.4 Å². The van der Waals surface area contributed by atoms with Crippen molar-refractivity contribution in [1.29, 1.82) is 0 Å². The van der Waals surface area contributed by atoms with Gasteiger partial charge in [-0.1, -0.05) is 25.1 Å². The number of para-hydroxylation sites is 1. The van der Waals surface area contributed by atoms with Crippen LogP contribution in [0.3, 0.4) is 0 Å². The SMILES string of the molecule is CCC(NC(=O)C1CC12CCNCC2)c1ccccc1OC(F)F. The van der Waals surface area contributed by atoms with Gasteiger partial charge in [0.05, 0.1) is 6.04 Å². The molecule has 1 saturated carbocycles. The second-order valence-electron chi connectivity index (χ2n) is 6.75. The monoisotopic (exact) mass is 338 g/mol. The summed E-state index contributed by atoms with van der Waals surface area (Å²) in [6.07, 6.45) is 3.63. The van der Waals surface area contributed by atoms with E-state index >= 15 is 0 Å². The van der Waals surface area contributed by atoms with Crippen molar-refractivity contribution in [2.45, 2.75) is 45.3 Å². The quantitative estimate of drug-likeness (QED) is 0.837. The first-order chi connectivity index (χ1) is 11.6. The molecule has 4 nitrogen and oxygen atoms in total. The molecule has 1 aliphatic carbocycles. The molecule has 2 fully saturated rings. The molecule has 0 bridgehead atoms. The lowest BCUT2D eigenvalue weighted by Gasteiger charge is -2.25. The lowest BCUT2D eigenvalue weighted by Crippen LogP contribution is -2.35. The molecule has 1 amide bonds. The van der Waals surface area contributed by atoms with Crippen molar-refractivity contribution in [1.82, 2.24) is 10.6 Å². The maximum absolute atomic E-state index is 12.6. The van der Waals surface area contributed by atoms with Crippen LogP contribution in [0.2, 0.25) is 0 Å². The van der Waals surface area contributed by atoms with Gasteiger partial charge in [0.15, 0.2) is 0 Å². The first-order valence-electron chi connectivity index (χ1n) is 8.60. The molecule has 6 heteroatoms. The fourth-order valence-electron chi connectivity index (χ4n) is 3.84. The molecule has 0 aromatic heterocycles. The predicted octanol–water partition coefficient (Wildman–Crippen LogP) is 3.25. The Kier molecular flexibility index (Phi) is 5.04. The smallest absolute Gasteiger partial charge is 0.387 e. The minimum atomic E-state index is -2.87. The zero-order valence-electron chi connectivity index (χ0n) is 13.9. The summed E-state index contributed by atoms with van der Waals surface area (Å²) in [5, 5.41) is 6.37. The largest absolute Gasteiger partial charge is 0.434 e. The third-order valence-electron chi connectivity index (χ3n) is 5.34. The zero-order chi connectivity index (χ0) is 17.2. The van der Waals surface area contributed by atoms with Gasteiger partial charge >= 0.3 is 6.61 Å². The number of nitrogens with one attached hydrogen (secondary N) is 2. The second-order valence-corrected chi connectivity index (χ2v) is 6.75. The minimum Gasteiger partial charge on any atom is -0.434 e. The van der Waals surface area contributed by atoms with Gasteiger partial charge in [0, 0.05) is 11.5 Å². The van der Waals surface area contributed by atoms with Crippen LogP contribution in [0.25, 0.3) is 0 Å². The van der Waals surface area contributed by atoms with Crippen molar-refractivity contribution < 1.29 is 18.3 Å². The molecular formula is C18H24F2N2O2. The van der Waals surface area contributed by atoms with Crippen LogP contribution in [0.1, 0.15) is 44.2 Å². The highest BCUT2D eigenvalue weighted by Gasteiger charge is 2.57. The van der Waals surface area contributed by atoms with Crippen LogP contribution < -0.4 is 15.4 Å². The first kappa shape index (κ1) is 17.1. The van der Waals surface area contributed by atoms with E-state index in [0.29, 0.717) is 12.0 Å². The number of ether oxygens (including phenoxy) is 1. The lowest BCUT2D eigenvalue weighted by molar-refractivity contribution is -0.124. The van der Waals surface area contributed by atoms with Crippen molar-refractivity contribution in [3.8, 4) is 5.75 Å². The van der Waals surface area contributed by atoms with Gasteiger partial charge in [-0.2, -0.15) is 8.78 Å². The van der Waals surface area contributed by atoms with Gasteiger partial charge in [0.2, 0.25) is 5.91 Å². The molecule has 1 heterocycles. The third-order valence-corrected chi connectivity index (χ3v) is 5.34. The minimum absolute atomic E-state index is 0.0376. The number of rotatable bonds is 6. The summed E-state index contributed by atoms with van der Waals surface area (Å²) in [6.45, 7) is 0.982. The Hall–Kier alpha value is -1.69. The van der Waals surface area contributed by atoms with Gasteiger partial charge in [-0.25, -0.2) is 0 Å². The molecule has 1 aromatic carbocycles. The summed E-state index contributed by atoms with van der Waals surface area (Å²) in [4.78, 5) is 12.6. The molecule has 2 aliphatic rings. The summed E-state index contributed by atoms with van der Waals surface area (Å²) in [6, 6.07) is 6.36. The summed E-state index contributed by atoms with van der Waals surface area (Å²) < 4.78 is 29.8. The number of amides is 1. The van der Waals surface area contributed by atoms with Gasteiger partial charge < -0.3 is 15.4 Å². The molecule has 1 spiro atoms. The highest BCUT2D eigenvalue weighted by atomic mass is 19.3. The summed E-state index contributed by atoms with van der Waals surface area (Å²) in [5.41, 5.74) is 0.765. The fourth-order valence-corrected chi connectivity index (χ4v) is 3.84. The zero-order valence-corrected chi connectivity index (χ0v) is 13.9. The van der Waals surface area contributed by atoms with Crippen molar-refractivity contribution >= 4 is 5.91 Å². The van der Waals surface area contributed by atoms with Crippen LogP contribution in [-0.4, -0.2) is 25.6 Å². The van der Waals surface area contributed by atoms with Crippen LogP contribution in [0, 0.1) is 11.3 Å². The van der Waals surface area contributed by atoms with Gasteiger partial charge in [0.1, 0.15) is 5.75 Å². The summed E-state index contributed by atoms with van der Waals surface area (Å²) >= 11 is 0. The van der Waals surface area contributed by atoms with Crippen molar-refractivity contribution in [3.05, 3.63) is 29.8 Å². The van der Waals surface area contributed by atoms with E-state index in [-0.39, 0.29) is 29.0 Å². The van der Waals surface area contributed by atoms with E-state index in [9.17, 15) is 13.6 Å². The predicted molar refractivity (Wildman–Crippen MR) is 86.9 cm³/mol. The molecular weight excluding hydrogens is 314 g/mol. The Morgan fingerprint density at radius 2 is 2.08 bits per heavy atom. The molecule has 24 heavy (non-hydrogen) atoms. The Labute approximate surface area is 141 Å². The van der Waals surface area contributed by atoms with Crippen LogP contribution in [0.5, 0.6) is 5.75 Å². The number of hydrogen-bond acceptors (Lipinski definition) is 3. The number of piperidine rings is 1. The Bertz CT molecular complexity index is 588. The van der Waals surface area contributed by atoms with E-state index in [4.69, 9.17) is 0 Å². The number of benzene rings is 1. The van der Waals surface area contributed by atoms with Gasteiger partial charge in [-0.3, -0.25) is 4.79 Å². The fraction of sp³-hybridized carbons (Fsp3) is 0.611. The highest BCUT2D eigenvalue weighted by molar-refractivity contribution is 5.83. The summed E-state index contributed by atoms with van der Waals surface area (Å²) in [5.74, 6) is 0.222. The third kappa shape index (κ3) is 3.53. The van der Waals surface area contributed by atoms with Crippen LogP contribution in [0.4, 0.5) is 8.78 Å². The standard InChI is InChI=1S/C18H24F2N2O2/c1-2-14(12-5-3-4-6-15(12)24-17(19)20)22-16(23)13-11-18(13)7-9-21-10-8-18/h3-6,13-14,17,21H,2,7-11H2,1H3,(H,22,23). The first-order valence-corrected chi connectivity index (χ1v) is 8.60. The Morgan fingerprint density at radius 3 is 2.75 bits per heavy atom. The normalized spacial score (nSPS) is 23.1. The van der Waals surface area contributed by atoms with Crippen LogP contribution in [0.15, 0.2) is 24.3 Å². The van der Waals surface area contributed by atoms with Crippen molar-refractivity contribution in [2.24, 2.45) is 11.3 Å². The molecule has 1 aromatic rings. The molecule has 2 unspecified atom stereocenters. The van der Waals surface area contributed by atoms with Gasteiger partial charge in [-0.05, 0) is 50.3 Å². The highest BCUT2D eigenvalue weighted by Crippen LogP contribution is 2.58. The Balaban J connectivity index is 1.68. The van der Waals surface area contributed by atoms with Crippen molar-refractivity contribution in [3.63, 3.8) is 0 Å². The molecule has 0 radical (unpaired) electrons. The molecule has 1 saturated heterocycles. The average Bonchev–Trinajstić information content (AvgIpc) is 3.26. The van der Waals surface area contributed by atoms with Crippen LogP contribution >= 0.6 is 0 Å². The number of hydrogen-bond donors (Lipinski definition) is 2. The number of alkyl halides is 2. The van der Waals surface area contributed by atoms with E-state index in [1.165, 1.54) is 6.07 Å². The van der Waals surface area contributed by atoms with Gasteiger partial charge in [-0.15, -0.1) is 0 Å². The molecule has 2 N–H and O–H groups in total. The van der Waals surface area contributed by atoms with Crippen molar-refractivity contribution in [2.75, 3.05) is 13.1 Å². The second kappa shape index (κ2) is 7.05. The molecule has 3 rings (SSSR count). The lowest BCUT2D eigenvalue weighted by atomic mass is 9.91. The van der Waals surface area contributed by atoms with E-state index in [1.54, 1.807) is 18.2 Å². The van der Waals surface area contributed by atoms with E-state index < -0.39 is 6.61 Å². The average molecular weight is 338 g/mol. The van der Waals surface area contributed by atoms with E-state index in [1.807, 2.05) is 6.92 Å². The number of halogens is 2. The summed E-state index contributed by atoms with van der Waals surface area (Å²) in [7, 11) is 0.